The number of fused-ring (bicyclic) bond motifs is 6. The van der Waals surface area contributed by atoms with E-state index in [2.05, 4.69) is 67.6 Å². The monoisotopic (exact) mass is 402 g/mol. The lowest BCUT2D eigenvalue weighted by atomic mass is 9.89. The van der Waals surface area contributed by atoms with Crippen LogP contribution in [0, 0.1) is 20.8 Å². The summed E-state index contributed by atoms with van der Waals surface area (Å²) >= 11 is 0. The van der Waals surface area contributed by atoms with Gasteiger partial charge in [0.15, 0.2) is 0 Å². The predicted octanol–water partition coefficient (Wildman–Crippen LogP) is 7.97. The van der Waals surface area contributed by atoms with Gasteiger partial charge in [0.05, 0.1) is 22.1 Å². The summed E-state index contributed by atoms with van der Waals surface area (Å²) in [6, 6.07) is 16.2. The molecule has 0 amide bonds. The lowest BCUT2D eigenvalue weighted by Gasteiger charge is -2.18. The minimum Gasteiger partial charge on any atom is -0.308 e. The van der Waals surface area contributed by atoms with E-state index >= 15 is 0 Å². The maximum Gasteiger partial charge on any atom is 0.0822 e. The number of rotatable bonds is 1. The molecular weight excluding hydrogens is 376 g/mol. The summed E-state index contributed by atoms with van der Waals surface area (Å²) in [4.78, 5) is 4.95. The molecule has 3 aromatic heterocycles. The van der Waals surface area contributed by atoms with Crippen molar-refractivity contribution in [3.8, 4) is 0 Å². The molecular formula is C29H26N2. The van der Waals surface area contributed by atoms with Crippen LogP contribution in [0.1, 0.15) is 53.9 Å². The van der Waals surface area contributed by atoms with Crippen molar-refractivity contribution in [3.05, 3.63) is 70.9 Å². The van der Waals surface area contributed by atoms with Crippen molar-refractivity contribution >= 4 is 49.0 Å². The lowest BCUT2D eigenvalue weighted by Crippen LogP contribution is -1.99. The third-order valence-electron chi connectivity index (χ3n) is 7.74. The first kappa shape index (κ1) is 17.5. The van der Waals surface area contributed by atoms with E-state index in [-0.39, 0.29) is 0 Å². The topological polar surface area (TPSA) is 17.3 Å². The molecule has 0 unspecified atom stereocenters. The van der Waals surface area contributed by atoms with Crippen LogP contribution in [-0.2, 0) is 0 Å². The van der Waals surface area contributed by atoms with Gasteiger partial charge in [-0.05, 0) is 85.9 Å². The van der Waals surface area contributed by atoms with Gasteiger partial charge < -0.3 is 4.40 Å². The van der Waals surface area contributed by atoms with Gasteiger partial charge in [-0.15, -0.1) is 0 Å². The van der Waals surface area contributed by atoms with Crippen LogP contribution in [-0.4, -0.2) is 9.38 Å². The summed E-state index contributed by atoms with van der Waals surface area (Å²) in [5.74, 6) is 0.667. The first-order chi connectivity index (χ1) is 15.1. The Morgan fingerprint density at radius 1 is 0.839 bits per heavy atom. The summed E-state index contributed by atoms with van der Waals surface area (Å²) in [5, 5.41) is 6.85. The number of aromatic nitrogens is 2. The number of hydrogen-bond donors (Lipinski definition) is 0. The van der Waals surface area contributed by atoms with E-state index in [0.29, 0.717) is 5.92 Å². The highest BCUT2D eigenvalue weighted by atomic mass is 14.9. The van der Waals surface area contributed by atoms with E-state index in [9.17, 15) is 0 Å². The van der Waals surface area contributed by atoms with Crippen LogP contribution in [0.3, 0.4) is 0 Å². The molecule has 0 spiro atoms. The van der Waals surface area contributed by atoms with Crippen LogP contribution in [0.15, 0.2) is 48.7 Å². The van der Waals surface area contributed by atoms with Gasteiger partial charge in [-0.25, -0.2) is 0 Å². The molecule has 6 aromatic rings. The third kappa shape index (κ3) is 2.15. The van der Waals surface area contributed by atoms with Gasteiger partial charge in [-0.1, -0.05) is 36.6 Å². The van der Waals surface area contributed by atoms with Crippen molar-refractivity contribution in [1.82, 2.24) is 9.38 Å². The summed E-state index contributed by atoms with van der Waals surface area (Å²) in [5.41, 5.74) is 10.7. The summed E-state index contributed by atoms with van der Waals surface area (Å²) in [7, 11) is 0. The Kier molecular flexibility index (Phi) is 3.38. The SMILES string of the molecule is Cc1cc(C)c2c(c1)c1nccc3cc(C4CCCC4)c4c5c(C)cccc5n2c4c31. The van der Waals surface area contributed by atoms with Gasteiger partial charge in [-0.2, -0.15) is 0 Å². The van der Waals surface area contributed by atoms with Crippen molar-refractivity contribution in [2.24, 2.45) is 0 Å². The molecule has 1 fully saturated rings. The van der Waals surface area contributed by atoms with Gasteiger partial charge in [-0.3, -0.25) is 4.98 Å². The molecule has 31 heavy (non-hydrogen) atoms. The van der Waals surface area contributed by atoms with E-state index in [1.807, 2.05) is 6.20 Å². The standard InChI is InChI=1S/C29H26N2/c1-16-13-18(3)28-22(14-16)27-25-20(11-12-30-27)15-21(19-8-4-5-9-19)26-24-17(2)7-6-10-23(24)31(28)29(25)26/h6-7,10-15,19H,4-5,8-9H2,1-3H3. The number of pyridine rings is 2. The average Bonchev–Trinajstić information content (AvgIpc) is 3.40. The molecule has 1 aliphatic carbocycles. The highest BCUT2D eigenvalue weighted by molar-refractivity contribution is 6.29. The molecule has 0 saturated heterocycles. The van der Waals surface area contributed by atoms with Gasteiger partial charge in [0, 0.05) is 27.7 Å². The molecule has 0 atom stereocenters. The van der Waals surface area contributed by atoms with Crippen LogP contribution in [0.4, 0.5) is 0 Å². The van der Waals surface area contributed by atoms with E-state index in [1.54, 1.807) is 5.56 Å². The highest BCUT2D eigenvalue weighted by Gasteiger charge is 2.27. The largest absolute Gasteiger partial charge is 0.308 e. The minimum atomic E-state index is 0.667. The molecule has 1 aliphatic rings. The summed E-state index contributed by atoms with van der Waals surface area (Å²) in [6.07, 6.45) is 7.33. The number of hydrogen-bond acceptors (Lipinski definition) is 1. The number of benzene rings is 3. The summed E-state index contributed by atoms with van der Waals surface area (Å²) < 4.78 is 2.57. The lowest BCUT2D eigenvalue weighted by molar-refractivity contribution is 0.731. The van der Waals surface area contributed by atoms with Crippen LogP contribution in [0.25, 0.3) is 49.0 Å². The van der Waals surface area contributed by atoms with E-state index in [1.165, 1.54) is 85.9 Å². The van der Waals surface area contributed by atoms with Gasteiger partial charge in [0.25, 0.3) is 0 Å². The first-order valence-electron chi connectivity index (χ1n) is 11.6. The zero-order valence-corrected chi connectivity index (χ0v) is 18.4. The second-order valence-electron chi connectivity index (χ2n) is 9.71. The molecule has 2 nitrogen and oxygen atoms in total. The maximum absolute atomic E-state index is 4.95. The highest BCUT2D eigenvalue weighted by Crippen LogP contribution is 2.47. The van der Waals surface area contributed by atoms with Gasteiger partial charge in [0.1, 0.15) is 0 Å². The molecule has 3 heterocycles. The Morgan fingerprint density at radius 3 is 2.52 bits per heavy atom. The number of aryl methyl sites for hydroxylation is 3. The molecule has 1 saturated carbocycles. The van der Waals surface area contributed by atoms with E-state index < -0.39 is 0 Å². The molecule has 0 radical (unpaired) electrons. The van der Waals surface area contributed by atoms with Crippen molar-refractivity contribution < 1.29 is 0 Å². The minimum absolute atomic E-state index is 0.667. The molecule has 0 N–H and O–H groups in total. The van der Waals surface area contributed by atoms with Gasteiger partial charge >= 0.3 is 0 Å². The van der Waals surface area contributed by atoms with Crippen molar-refractivity contribution in [1.29, 1.82) is 0 Å². The van der Waals surface area contributed by atoms with Crippen LogP contribution >= 0.6 is 0 Å². The first-order valence-corrected chi connectivity index (χ1v) is 11.6. The second kappa shape index (κ2) is 5.97. The van der Waals surface area contributed by atoms with Crippen molar-refractivity contribution in [2.45, 2.75) is 52.4 Å². The normalized spacial score (nSPS) is 15.6. The fraction of sp³-hybridized carbons (Fsp3) is 0.276. The molecule has 7 rings (SSSR count). The Bertz CT molecular complexity index is 1660. The Morgan fingerprint density at radius 2 is 1.68 bits per heavy atom. The predicted molar refractivity (Wildman–Crippen MR) is 132 cm³/mol. The molecule has 152 valence electrons. The van der Waals surface area contributed by atoms with E-state index in [0.717, 1.165) is 5.52 Å². The molecule has 3 aromatic carbocycles. The van der Waals surface area contributed by atoms with Crippen LogP contribution in [0.2, 0.25) is 0 Å². The second-order valence-corrected chi connectivity index (χ2v) is 9.71. The van der Waals surface area contributed by atoms with Crippen LogP contribution in [0.5, 0.6) is 0 Å². The number of nitrogens with zero attached hydrogens (tertiary/aromatic N) is 2. The van der Waals surface area contributed by atoms with Crippen LogP contribution < -0.4 is 0 Å². The van der Waals surface area contributed by atoms with E-state index in [4.69, 9.17) is 4.98 Å². The third-order valence-corrected chi connectivity index (χ3v) is 7.74. The quantitative estimate of drug-likeness (QED) is 0.201. The zero-order chi connectivity index (χ0) is 20.9. The Hall–Kier alpha value is -3.13. The molecule has 2 heteroatoms. The summed E-state index contributed by atoms with van der Waals surface area (Å²) in [6.45, 7) is 6.73. The Labute approximate surface area is 181 Å². The maximum atomic E-state index is 4.95. The fourth-order valence-corrected chi connectivity index (χ4v) is 6.55. The van der Waals surface area contributed by atoms with Crippen molar-refractivity contribution in [3.63, 3.8) is 0 Å². The zero-order valence-electron chi connectivity index (χ0n) is 18.4. The average molecular weight is 403 g/mol. The molecule has 0 bridgehead atoms. The fourth-order valence-electron chi connectivity index (χ4n) is 6.55. The smallest absolute Gasteiger partial charge is 0.0822 e. The Balaban J connectivity index is 1.89. The van der Waals surface area contributed by atoms with Crippen molar-refractivity contribution in [2.75, 3.05) is 0 Å². The van der Waals surface area contributed by atoms with Gasteiger partial charge in [0.2, 0.25) is 0 Å². The molecule has 0 aliphatic heterocycles.